The van der Waals surface area contributed by atoms with Crippen molar-refractivity contribution in [1.29, 1.82) is 0 Å². The van der Waals surface area contributed by atoms with Gasteiger partial charge in [-0.2, -0.15) is 0 Å². The first-order valence-corrected chi connectivity index (χ1v) is 6.75. The van der Waals surface area contributed by atoms with E-state index in [1.54, 1.807) is 30.3 Å². The number of carbonyl (C=O) groups excluding carboxylic acids is 1. The molecule has 22 heavy (non-hydrogen) atoms. The molecule has 0 radical (unpaired) electrons. The minimum Gasteiger partial charge on any atom is -0.508 e. The highest BCUT2D eigenvalue weighted by molar-refractivity contribution is 5.98. The summed E-state index contributed by atoms with van der Waals surface area (Å²) >= 11 is 0. The van der Waals surface area contributed by atoms with E-state index in [1.165, 1.54) is 18.2 Å². The van der Waals surface area contributed by atoms with E-state index in [2.05, 4.69) is 0 Å². The summed E-state index contributed by atoms with van der Waals surface area (Å²) in [6.07, 6.45) is 1.25. The van der Waals surface area contributed by atoms with Crippen molar-refractivity contribution in [2.24, 2.45) is 0 Å². The van der Waals surface area contributed by atoms with E-state index in [0.717, 1.165) is 5.56 Å². The number of phenols is 3. The average molecular weight is 298 g/mol. The zero-order valence-corrected chi connectivity index (χ0v) is 11.6. The van der Waals surface area contributed by atoms with Crippen LogP contribution in [0.5, 0.6) is 17.2 Å². The maximum atomic E-state index is 11.6. The molecule has 1 aliphatic rings. The van der Waals surface area contributed by atoms with Crippen molar-refractivity contribution in [2.75, 3.05) is 0 Å². The minimum absolute atomic E-state index is 0.0535. The molecule has 0 saturated heterocycles. The highest BCUT2D eigenvalue weighted by Crippen LogP contribution is 2.35. The Kier molecular flexibility index (Phi) is 3.47. The van der Waals surface area contributed by atoms with Crippen molar-refractivity contribution in [1.82, 2.24) is 0 Å². The summed E-state index contributed by atoms with van der Waals surface area (Å²) in [6, 6.07) is 10.8. The van der Waals surface area contributed by atoms with Crippen molar-refractivity contribution >= 4 is 11.5 Å². The largest absolute Gasteiger partial charge is 0.508 e. The second-order valence-electron chi connectivity index (χ2n) is 5.10. The lowest BCUT2D eigenvalue weighted by Gasteiger charge is -2.15. The lowest BCUT2D eigenvalue weighted by Crippen LogP contribution is -2.14. The molecule has 0 saturated carbocycles. The molecule has 0 bridgehead atoms. The zero-order valence-electron chi connectivity index (χ0n) is 11.6. The smallest absolute Gasteiger partial charge is 0.331 e. The van der Waals surface area contributed by atoms with Crippen molar-refractivity contribution in [2.45, 2.75) is 12.5 Å². The van der Waals surface area contributed by atoms with Crippen LogP contribution in [-0.2, 0) is 16.0 Å². The van der Waals surface area contributed by atoms with Crippen molar-refractivity contribution < 1.29 is 24.9 Å². The van der Waals surface area contributed by atoms with Gasteiger partial charge in [-0.25, -0.2) is 4.79 Å². The molecule has 0 amide bonds. The Bertz CT molecular complexity index is 746. The molecular weight excluding hydrogens is 284 g/mol. The number of hydrogen-bond acceptors (Lipinski definition) is 5. The number of ether oxygens (including phenoxy) is 1. The Hall–Kier alpha value is -2.95. The number of esters is 1. The highest BCUT2D eigenvalue weighted by Gasteiger charge is 2.29. The van der Waals surface area contributed by atoms with E-state index in [1.807, 2.05) is 0 Å². The fourth-order valence-electron chi connectivity index (χ4n) is 2.47. The van der Waals surface area contributed by atoms with E-state index in [0.29, 0.717) is 17.6 Å². The lowest BCUT2D eigenvalue weighted by molar-refractivity contribution is -0.138. The van der Waals surface area contributed by atoms with Crippen LogP contribution in [0, 0.1) is 0 Å². The SMILES string of the molecule is O=C1C=C(c2ccc(O)cc2O)[C@@H](Cc2ccc(O)cc2)O1. The predicted octanol–water partition coefficient (Wildman–Crippen LogP) is 2.35. The first-order chi connectivity index (χ1) is 10.5. The quantitative estimate of drug-likeness (QED) is 0.757. The number of benzene rings is 2. The maximum Gasteiger partial charge on any atom is 0.331 e. The predicted molar refractivity (Wildman–Crippen MR) is 79.4 cm³/mol. The third kappa shape index (κ3) is 2.74. The lowest BCUT2D eigenvalue weighted by atomic mass is 9.95. The van der Waals surface area contributed by atoms with Crippen molar-refractivity contribution in [3.8, 4) is 17.2 Å². The van der Waals surface area contributed by atoms with Gasteiger partial charge in [0.25, 0.3) is 0 Å². The van der Waals surface area contributed by atoms with Gasteiger partial charge in [0.2, 0.25) is 0 Å². The molecular formula is C17H14O5. The average Bonchev–Trinajstić information content (AvgIpc) is 2.82. The molecule has 3 N–H and O–H groups in total. The van der Waals surface area contributed by atoms with Gasteiger partial charge in [0.15, 0.2) is 0 Å². The van der Waals surface area contributed by atoms with Crippen LogP contribution in [0.2, 0.25) is 0 Å². The van der Waals surface area contributed by atoms with E-state index in [9.17, 15) is 20.1 Å². The molecule has 2 aromatic rings. The standard InChI is InChI=1S/C17H14O5/c18-11-3-1-10(2-4-11)7-16-14(9-17(21)22-16)13-6-5-12(19)8-15(13)20/h1-6,8-9,16,18-20H,7H2/t16-/m1/s1. The van der Waals surface area contributed by atoms with Gasteiger partial charge >= 0.3 is 5.97 Å². The van der Waals surface area contributed by atoms with E-state index >= 15 is 0 Å². The van der Waals surface area contributed by atoms with Gasteiger partial charge in [0.1, 0.15) is 23.4 Å². The summed E-state index contributed by atoms with van der Waals surface area (Å²) in [5.41, 5.74) is 1.91. The Morgan fingerprint density at radius 1 is 0.955 bits per heavy atom. The van der Waals surface area contributed by atoms with Crippen LogP contribution in [0.25, 0.3) is 5.57 Å². The summed E-state index contributed by atoms with van der Waals surface area (Å²) in [6.45, 7) is 0. The number of hydrogen-bond donors (Lipinski definition) is 3. The fraction of sp³-hybridized carbons (Fsp3) is 0.118. The van der Waals surface area contributed by atoms with Crippen LogP contribution in [0.4, 0.5) is 0 Å². The van der Waals surface area contributed by atoms with Gasteiger partial charge in [-0.3, -0.25) is 0 Å². The molecule has 112 valence electrons. The van der Waals surface area contributed by atoms with E-state index in [4.69, 9.17) is 4.74 Å². The Morgan fingerprint density at radius 2 is 1.64 bits per heavy atom. The molecule has 5 nitrogen and oxygen atoms in total. The monoisotopic (exact) mass is 298 g/mol. The number of aromatic hydroxyl groups is 3. The molecule has 0 unspecified atom stereocenters. The van der Waals surface area contributed by atoms with E-state index in [-0.39, 0.29) is 17.2 Å². The van der Waals surface area contributed by atoms with Crippen molar-refractivity contribution in [3.05, 3.63) is 59.7 Å². The zero-order chi connectivity index (χ0) is 15.7. The normalized spacial score (nSPS) is 17.2. The van der Waals surface area contributed by atoms with E-state index < -0.39 is 12.1 Å². The Morgan fingerprint density at radius 3 is 2.32 bits per heavy atom. The Balaban J connectivity index is 1.89. The summed E-state index contributed by atoms with van der Waals surface area (Å²) in [5.74, 6) is -0.465. The van der Waals surface area contributed by atoms with Crippen molar-refractivity contribution in [3.63, 3.8) is 0 Å². The topological polar surface area (TPSA) is 87.0 Å². The summed E-state index contributed by atoms with van der Waals surface area (Å²) in [7, 11) is 0. The third-order valence-corrected chi connectivity index (χ3v) is 3.53. The van der Waals surface area contributed by atoms with Gasteiger partial charge < -0.3 is 20.1 Å². The van der Waals surface area contributed by atoms with Crippen LogP contribution in [-0.4, -0.2) is 27.4 Å². The van der Waals surface area contributed by atoms with Gasteiger partial charge in [0.05, 0.1) is 0 Å². The molecule has 0 fully saturated rings. The molecule has 2 aromatic carbocycles. The second-order valence-corrected chi connectivity index (χ2v) is 5.10. The molecule has 3 rings (SSSR count). The first kappa shape index (κ1) is 14.0. The number of carbonyl (C=O) groups is 1. The molecule has 0 aromatic heterocycles. The first-order valence-electron chi connectivity index (χ1n) is 6.75. The van der Waals surface area contributed by atoms with Crippen LogP contribution in [0.15, 0.2) is 48.5 Å². The highest BCUT2D eigenvalue weighted by atomic mass is 16.5. The minimum atomic E-state index is -0.521. The molecule has 1 aliphatic heterocycles. The second kappa shape index (κ2) is 5.44. The molecule has 0 aliphatic carbocycles. The van der Waals surface area contributed by atoms with Crippen LogP contribution >= 0.6 is 0 Å². The van der Waals surface area contributed by atoms with Gasteiger partial charge in [0, 0.05) is 29.7 Å². The molecule has 1 atom stereocenters. The van der Waals surface area contributed by atoms with Crippen LogP contribution < -0.4 is 0 Å². The van der Waals surface area contributed by atoms with Gasteiger partial charge in [-0.1, -0.05) is 12.1 Å². The number of rotatable bonds is 3. The fourth-order valence-corrected chi connectivity index (χ4v) is 2.47. The summed E-state index contributed by atoms with van der Waals surface area (Å²) in [5, 5.41) is 28.6. The molecule has 1 heterocycles. The molecule has 5 heteroatoms. The number of cyclic esters (lactones) is 1. The molecule has 0 spiro atoms. The Labute approximate surface area is 126 Å². The third-order valence-electron chi connectivity index (χ3n) is 3.53. The summed E-state index contributed by atoms with van der Waals surface area (Å²) < 4.78 is 5.28. The summed E-state index contributed by atoms with van der Waals surface area (Å²) in [4.78, 5) is 11.6. The number of phenolic OH excluding ortho intramolecular Hbond substituents is 3. The van der Waals surface area contributed by atoms with Gasteiger partial charge in [-0.05, 0) is 29.8 Å². The van der Waals surface area contributed by atoms with Gasteiger partial charge in [-0.15, -0.1) is 0 Å². The van der Waals surface area contributed by atoms with Crippen LogP contribution in [0.3, 0.4) is 0 Å². The maximum absolute atomic E-state index is 11.6. The van der Waals surface area contributed by atoms with Crippen LogP contribution in [0.1, 0.15) is 11.1 Å².